The molecular formula is C26H44O. The van der Waals surface area contributed by atoms with Crippen molar-refractivity contribution < 1.29 is 4.79 Å². The van der Waals surface area contributed by atoms with Crippen molar-refractivity contribution in [3.05, 3.63) is 12.2 Å². The maximum absolute atomic E-state index is 12.0. The van der Waals surface area contributed by atoms with Crippen molar-refractivity contribution in [2.75, 3.05) is 0 Å². The normalized spacial score (nSPS) is 36.1. The maximum atomic E-state index is 12.0. The Labute approximate surface area is 169 Å². The summed E-state index contributed by atoms with van der Waals surface area (Å²) in [5.74, 6) is 9.08. The number of rotatable bonds is 2. The van der Waals surface area contributed by atoms with Gasteiger partial charge in [-0.1, -0.05) is 73.8 Å². The number of fused-ring (bicyclic) bond motifs is 2. The molecule has 4 fully saturated rings. The van der Waals surface area contributed by atoms with E-state index in [-0.39, 0.29) is 5.78 Å². The first-order valence-electron chi connectivity index (χ1n) is 11.5. The second-order valence-electron chi connectivity index (χ2n) is 9.05. The highest BCUT2D eigenvalue weighted by molar-refractivity contribution is 6.07. The molecule has 1 nitrogen and oxygen atoms in total. The molecule has 1 heteroatoms. The molecule has 0 spiro atoms. The van der Waals surface area contributed by atoms with Gasteiger partial charge in [0.15, 0.2) is 0 Å². The third-order valence-electron chi connectivity index (χ3n) is 7.62. The van der Waals surface area contributed by atoms with Crippen LogP contribution in [0.25, 0.3) is 0 Å². The SMILES string of the molecule is C=C(C)C(=O)C#CC1CC2(C)CCC1(C(C)C)C1CCCCC12.CC.CC. The number of ketones is 1. The van der Waals surface area contributed by atoms with E-state index in [4.69, 9.17) is 0 Å². The first-order valence-corrected chi connectivity index (χ1v) is 11.5. The van der Waals surface area contributed by atoms with Crippen LogP contribution in [0.4, 0.5) is 0 Å². The standard InChI is InChI=1S/C22H32O.2C2H6/c1-15(2)20(23)11-10-17-14-21(5)12-13-22(17,16(3)4)19-9-7-6-8-18(19)21;2*1-2/h16-19H,1,6-9,12-14H2,2-5H3;2*1-2H3. The van der Waals surface area contributed by atoms with Gasteiger partial charge in [-0.2, -0.15) is 0 Å². The first kappa shape index (κ1) is 24.0. The van der Waals surface area contributed by atoms with Crippen molar-refractivity contribution in [2.24, 2.45) is 34.5 Å². The molecule has 0 aromatic carbocycles. The lowest BCUT2D eigenvalue weighted by molar-refractivity contribution is -0.174. The van der Waals surface area contributed by atoms with Crippen LogP contribution in [0, 0.1) is 46.3 Å². The van der Waals surface area contributed by atoms with Gasteiger partial charge in [0, 0.05) is 5.92 Å². The Hall–Kier alpha value is -1.03. The topological polar surface area (TPSA) is 17.1 Å². The lowest BCUT2D eigenvalue weighted by atomic mass is 9.37. The van der Waals surface area contributed by atoms with Gasteiger partial charge in [0.25, 0.3) is 0 Å². The lowest BCUT2D eigenvalue weighted by Gasteiger charge is -2.67. The fourth-order valence-corrected chi connectivity index (χ4v) is 6.39. The minimum Gasteiger partial charge on any atom is -0.280 e. The first-order chi connectivity index (χ1) is 12.8. The van der Waals surface area contributed by atoms with E-state index in [1.807, 2.05) is 27.7 Å². The second kappa shape index (κ2) is 9.95. The van der Waals surface area contributed by atoms with Crippen LogP contribution in [-0.4, -0.2) is 5.78 Å². The average Bonchev–Trinajstić information content (AvgIpc) is 2.69. The summed E-state index contributed by atoms with van der Waals surface area (Å²) in [6.07, 6.45) is 9.46. The van der Waals surface area contributed by atoms with E-state index >= 15 is 0 Å². The summed E-state index contributed by atoms with van der Waals surface area (Å²) in [4.78, 5) is 12.0. The summed E-state index contributed by atoms with van der Waals surface area (Å²) in [5, 5.41) is 0. The van der Waals surface area contributed by atoms with Crippen molar-refractivity contribution in [2.45, 2.75) is 100 Å². The van der Waals surface area contributed by atoms with Gasteiger partial charge in [-0.25, -0.2) is 0 Å². The highest BCUT2D eigenvalue weighted by Crippen LogP contribution is 2.70. The molecule has 0 aromatic rings. The van der Waals surface area contributed by atoms with Crippen LogP contribution in [0.2, 0.25) is 0 Å². The highest BCUT2D eigenvalue weighted by atomic mass is 16.1. The molecule has 4 aliphatic rings. The summed E-state index contributed by atoms with van der Waals surface area (Å²) >= 11 is 0. The molecular weight excluding hydrogens is 328 g/mol. The fraction of sp³-hybridized carbons (Fsp3) is 0.808. The van der Waals surface area contributed by atoms with E-state index in [9.17, 15) is 4.79 Å². The summed E-state index contributed by atoms with van der Waals surface area (Å²) in [5.41, 5.74) is 1.36. The molecule has 154 valence electrons. The van der Waals surface area contributed by atoms with Gasteiger partial charge in [0.2, 0.25) is 5.78 Å². The van der Waals surface area contributed by atoms with Crippen molar-refractivity contribution in [1.82, 2.24) is 0 Å². The zero-order chi connectivity index (χ0) is 20.8. The zero-order valence-electron chi connectivity index (χ0n) is 19.4. The average molecular weight is 373 g/mol. The molecule has 5 atom stereocenters. The predicted molar refractivity (Wildman–Crippen MR) is 118 cm³/mol. The molecule has 0 aromatic heterocycles. The van der Waals surface area contributed by atoms with Gasteiger partial charge in [0.1, 0.15) is 0 Å². The number of Topliss-reactive ketones (excluding diaryl/α,β-unsaturated/α-hetero) is 1. The minimum atomic E-state index is -0.0734. The number of carbonyl (C=O) groups excluding carboxylic acids is 1. The quantitative estimate of drug-likeness (QED) is 0.279. The molecule has 27 heavy (non-hydrogen) atoms. The highest BCUT2D eigenvalue weighted by Gasteiger charge is 2.63. The van der Waals surface area contributed by atoms with Crippen LogP contribution in [-0.2, 0) is 4.79 Å². The van der Waals surface area contributed by atoms with Crippen molar-refractivity contribution in [3.63, 3.8) is 0 Å². The molecule has 0 N–H and O–H groups in total. The van der Waals surface area contributed by atoms with Gasteiger partial charge in [0.05, 0.1) is 0 Å². The van der Waals surface area contributed by atoms with Crippen LogP contribution in [0.15, 0.2) is 12.2 Å². The van der Waals surface area contributed by atoms with E-state index in [1.165, 1.54) is 44.9 Å². The molecule has 0 aliphatic heterocycles. The number of allylic oxidation sites excluding steroid dienone is 1. The van der Waals surface area contributed by atoms with Gasteiger partial charge < -0.3 is 0 Å². The Morgan fingerprint density at radius 1 is 1.04 bits per heavy atom. The van der Waals surface area contributed by atoms with Crippen molar-refractivity contribution >= 4 is 5.78 Å². The van der Waals surface area contributed by atoms with Crippen LogP contribution in [0.5, 0.6) is 0 Å². The minimum absolute atomic E-state index is 0.0734. The summed E-state index contributed by atoms with van der Waals surface area (Å²) in [7, 11) is 0. The van der Waals surface area contributed by atoms with E-state index in [1.54, 1.807) is 6.92 Å². The number of carbonyl (C=O) groups is 1. The summed E-state index contributed by atoms with van der Waals surface area (Å²) < 4.78 is 0. The van der Waals surface area contributed by atoms with Gasteiger partial charge >= 0.3 is 0 Å². The number of hydrogen-bond donors (Lipinski definition) is 0. The van der Waals surface area contributed by atoms with E-state index in [2.05, 4.69) is 39.2 Å². The number of hydrogen-bond acceptors (Lipinski definition) is 1. The van der Waals surface area contributed by atoms with Crippen LogP contribution < -0.4 is 0 Å². The van der Waals surface area contributed by atoms with Crippen molar-refractivity contribution in [3.8, 4) is 11.8 Å². The largest absolute Gasteiger partial charge is 0.280 e. The maximum Gasteiger partial charge on any atom is 0.230 e. The Balaban J connectivity index is 0.000000855. The molecule has 0 heterocycles. The zero-order valence-corrected chi connectivity index (χ0v) is 19.4. The summed E-state index contributed by atoms with van der Waals surface area (Å²) in [6, 6.07) is 0. The third-order valence-corrected chi connectivity index (χ3v) is 7.62. The molecule has 0 saturated heterocycles. The molecule has 4 aliphatic carbocycles. The molecule has 0 radical (unpaired) electrons. The smallest absolute Gasteiger partial charge is 0.230 e. The summed E-state index contributed by atoms with van der Waals surface area (Å²) in [6.45, 7) is 20.8. The second-order valence-corrected chi connectivity index (χ2v) is 9.05. The van der Waals surface area contributed by atoms with Crippen LogP contribution in [0.3, 0.4) is 0 Å². The Bertz CT molecular complexity index is 575. The third kappa shape index (κ3) is 4.36. The predicted octanol–water partition coefficient (Wildman–Crippen LogP) is 7.46. The Morgan fingerprint density at radius 2 is 1.59 bits per heavy atom. The molecule has 0 amide bonds. The molecule has 4 saturated carbocycles. The van der Waals surface area contributed by atoms with Crippen LogP contribution in [0.1, 0.15) is 100 Å². The van der Waals surface area contributed by atoms with E-state index in [0.717, 1.165) is 11.8 Å². The lowest BCUT2D eigenvalue weighted by Crippen LogP contribution is -2.60. The Kier molecular flexibility index (Phi) is 8.85. The molecule has 5 unspecified atom stereocenters. The Morgan fingerprint density at radius 3 is 2.11 bits per heavy atom. The monoisotopic (exact) mass is 372 g/mol. The molecule has 2 bridgehead atoms. The van der Waals surface area contributed by atoms with Crippen molar-refractivity contribution in [1.29, 1.82) is 0 Å². The van der Waals surface area contributed by atoms with E-state index < -0.39 is 0 Å². The molecule has 4 rings (SSSR count). The fourth-order valence-electron chi connectivity index (χ4n) is 6.39. The van der Waals surface area contributed by atoms with Gasteiger partial charge in [-0.15, -0.1) is 0 Å². The van der Waals surface area contributed by atoms with Crippen LogP contribution >= 0.6 is 0 Å². The van der Waals surface area contributed by atoms with E-state index in [0.29, 0.717) is 28.2 Å². The van der Waals surface area contributed by atoms with Gasteiger partial charge in [-0.05, 0) is 79.1 Å². The van der Waals surface area contributed by atoms with Gasteiger partial charge in [-0.3, -0.25) is 4.79 Å².